The molecule has 1 aliphatic rings. The lowest BCUT2D eigenvalue weighted by molar-refractivity contribution is 0.601. The van der Waals surface area contributed by atoms with E-state index in [1.165, 1.54) is 5.56 Å². The maximum Gasteiger partial charge on any atom is 0.119 e. The van der Waals surface area contributed by atoms with Gasteiger partial charge in [-0.05, 0) is 17.7 Å². The van der Waals surface area contributed by atoms with E-state index in [4.69, 9.17) is 0 Å². The summed E-state index contributed by atoms with van der Waals surface area (Å²) in [6, 6.07) is 16.6. The van der Waals surface area contributed by atoms with E-state index in [-0.39, 0.29) is 5.41 Å². The molecule has 0 saturated carbocycles. The highest BCUT2D eigenvalue weighted by atomic mass is 32.1. The average molecular weight is 356 g/mol. The number of H-pyrrole nitrogens is 1. The first-order valence-electron chi connectivity index (χ1n) is 8.49. The van der Waals surface area contributed by atoms with Crippen LogP contribution in [-0.2, 0) is 11.8 Å². The fourth-order valence-corrected chi connectivity index (χ4v) is 4.21. The van der Waals surface area contributed by atoms with Crippen molar-refractivity contribution in [3.05, 3.63) is 94.2 Å². The van der Waals surface area contributed by atoms with Crippen LogP contribution in [0.3, 0.4) is 0 Å². The maximum atomic E-state index is 4.68. The minimum atomic E-state index is -0.304. The second kappa shape index (κ2) is 6.04. The highest BCUT2D eigenvalue weighted by Gasteiger charge is 2.37. The Balaban J connectivity index is 1.67. The van der Waals surface area contributed by atoms with Crippen LogP contribution >= 0.6 is 11.3 Å². The standard InChI is InChI=1S/C21H16N4S/c1-2-6-15(7-3-1)21(19-8-4-5-11-22-19)10-9-16-17(12-21)24-25-20(16)18-13-26-14-23-18/h1-11,13-14H,12H2,(H,24,25). The third kappa shape index (κ3) is 2.32. The minimum absolute atomic E-state index is 0.304. The first-order valence-corrected chi connectivity index (χ1v) is 9.43. The third-order valence-corrected chi connectivity index (χ3v) is 5.55. The van der Waals surface area contributed by atoms with Gasteiger partial charge in [-0.1, -0.05) is 48.6 Å². The highest BCUT2D eigenvalue weighted by Crippen LogP contribution is 2.42. The molecule has 5 heteroatoms. The van der Waals surface area contributed by atoms with Crippen molar-refractivity contribution < 1.29 is 0 Å². The summed E-state index contributed by atoms with van der Waals surface area (Å²) in [4.78, 5) is 9.09. The molecule has 1 N–H and O–H groups in total. The monoisotopic (exact) mass is 356 g/mol. The van der Waals surface area contributed by atoms with E-state index in [1.54, 1.807) is 11.3 Å². The topological polar surface area (TPSA) is 54.5 Å². The zero-order valence-electron chi connectivity index (χ0n) is 14.0. The lowest BCUT2D eigenvalue weighted by Crippen LogP contribution is -2.31. The molecule has 4 nitrogen and oxygen atoms in total. The van der Waals surface area contributed by atoms with Gasteiger partial charge in [0.2, 0.25) is 0 Å². The van der Waals surface area contributed by atoms with Crippen LogP contribution in [0.25, 0.3) is 17.5 Å². The van der Waals surface area contributed by atoms with Crippen LogP contribution in [-0.4, -0.2) is 20.2 Å². The van der Waals surface area contributed by atoms with Gasteiger partial charge in [0.15, 0.2) is 0 Å². The number of benzene rings is 1. The number of rotatable bonds is 3. The molecule has 26 heavy (non-hydrogen) atoms. The largest absolute Gasteiger partial charge is 0.281 e. The molecule has 3 heterocycles. The molecular weight excluding hydrogens is 340 g/mol. The second-order valence-corrected chi connectivity index (χ2v) is 7.12. The van der Waals surface area contributed by atoms with Crippen molar-refractivity contribution in [1.29, 1.82) is 0 Å². The number of nitrogens with one attached hydrogen (secondary N) is 1. The molecule has 0 fully saturated rings. The molecule has 0 aliphatic heterocycles. The molecule has 5 rings (SSSR count). The number of allylic oxidation sites excluding steroid dienone is 1. The average Bonchev–Trinajstić information content (AvgIpc) is 3.38. The van der Waals surface area contributed by atoms with Gasteiger partial charge in [0.25, 0.3) is 0 Å². The van der Waals surface area contributed by atoms with Crippen molar-refractivity contribution >= 4 is 17.4 Å². The number of aromatic nitrogens is 4. The Bertz CT molecular complexity index is 1010. The summed E-state index contributed by atoms with van der Waals surface area (Å²) in [5.41, 5.74) is 7.88. The van der Waals surface area contributed by atoms with Crippen molar-refractivity contribution in [1.82, 2.24) is 20.2 Å². The van der Waals surface area contributed by atoms with E-state index < -0.39 is 0 Å². The van der Waals surface area contributed by atoms with Gasteiger partial charge < -0.3 is 0 Å². The van der Waals surface area contributed by atoms with Gasteiger partial charge in [0.05, 0.1) is 16.6 Å². The van der Waals surface area contributed by atoms with Gasteiger partial charge in [0.1, 0.15) is 11.4 Å². The highest BCUT2D eigenvalue weighted by molar-refractivity contribution is 7.07. The van der Waals surface area contributed by atoms with Crippen molar-refractivity contribution in [3.8, 4) is 11.4 Å². The van der Waals surface area contributed by atoms with E-state index in [9.17, 15) is 0 Å². The van der Waals surface area contributed by atoms with E-state index >= 15 is 0 Å². The molecule has 0 amide bonds. The molecule has 1 unspecified atom stereocenters. The summed E-state index contributed by atoms with van der Waals surface area (Å²) in [6.07, 6.45) is 7.07. The summed E-state index contributed by atoms with van der Waals surface area (Å²) in [5, 5.41) is 9.81. The molecule has 0 spiro atoms. The van der Waals surface area contributed by atoms with Crippen LogP contribution in [0.1, 0.15) is 22.5 Å². The zero-order valence-corrected chi connectivity index (χ0v) is 14.8. The fraction of sp³-hybridized carbons (Fsp3) is 0.0952. The SMILES string of the molecule is C1=CC(c2ccccc2)(c2ccccn2)Cc2[nH]nc(-c3cscn3)c21. The second-order valence-electron chi connectivity index (χ2n) is 6.40. The summed E-state index contributed by atoms with van der Waals surface area (Å²) in [7, 11) is 0. The molecule has 126 valence electrons. The number of aromatic amines is 1. The molecule has 1 aliphatic carbocycles. The number of fused-ring (bicyclic) bond motifs is 1. The molecule has 1 atom stereocenters. The smallest absolute Gasteiger partial charge is 0.119 e. The van der Waals surface area contributed by atoms with Crippen LogP contribution in [0.4, 0.5) is 0 Å². The Morgan fingerprint density at radius 3 is 2.65 bits per heavy atom. The molecule has 3 aromatic heterocycles. The van der Waals surface area contributed by atoms with Crippen LogP contribution in [0, 0.1) is 0 Å². The van der Waals surface area contributed by atoms with Crippen molar-refractivity contribution in [2.45, 2.75) is 11.8 Å². The first-order chi connectivity index (χ1) is 12.9. The molecule has 1 aromatic carbocycles. The Labute approximate surface area is 155 Å². The normalized spacial score (nSPS) is 18.6. The van der Waals surface area contributed by atoms with Crippen LogP contribution < -0.4 is 0 Å². The molecular formula is C21H16N4S. The Kier molecular flexibility index (Phi) is 3.53. The van der Waals surface area contributed by atoms with Gasteiger partial charge in [0, 0.05) is 29.3 Å². The number of thiazole rings is 1. The minimum Gasteiger partial charge on any atom is -0.281 e. The third-order valence-electron chi connectivity index (χ3n) is 4.96. The Hall–Kier alpha value is -3.05. The first kappa shape index (κ1) is 15.2. The van der Waals surface area contributed by atoms with Crippen LogP contribution in [0.2, 0.25) is 0 Å². The fourth-order valence-electron chi connectivity index (χ4n) is 3.67. The summed E-state index contributed by atoms with van der Waals surface area (Å²) < 4.78 is 0. The van der Waals surface area contributed by atoms with E-state index in [2.05, 4.69) is 62.6 Å². The predicted molar refractivity (Wildman–Crippen MR) is 104 cm³/mol. The number of hydrogen-bond acceptors (Lipinski definition) is 4. The van der Waals surface area contributed by atoms with Gasteiger partial charge in [-0.3, -0.25) is 10.1 Å². The Morgan fingerprint density at radius 2 is 1.88 bits per heavy atom. The van der Waals surface area contributed by atoms with E-state index in [0.717, 1.165) is 34.8 Å². The predicted octanol–water partition coefficient (Wildman–Crippen LogP) is 4.48. The van der Waals surface area contributed by atoms with Gasteiger partial charge in [-0.25, -0.2) is 4.98 Å². The summed E-state index contributed by atoms with van der Waals surface area (Å²) in [5.74, 6) is 0. The summed E-state index contributed by atoms with van der Waals surface area (Å²) in [6.45, 7) is 0. The molecule has 0 bridgehead atoms. The van der Waals surface area contributed by atoms with Crippen molar-refractivity contribution in [3.63, 3.8) is 0 Å². The van der Waals surface area contributed by atoms with Gasteiger partial charge in [-0.15, -0.1) is 11.3 Å². The van der Waals surface area contributed by atoms with Gasteiger partial charge >= 0.3 is 0 Å². The zero-order chi connectivity index (χ0) is 17.4. The molecule has 0 radical (unpaired) electrons. The van der Waals surface area contributed by atoms with Gasteiger partial charge in [-0.2, -0.15) is 5.10 Å². The van der Waals surface area contributed by atoms with E-state index in [0.29, 0.717) is 0 Å². The van der Waals surface area contributed by atoms with E-state index in [1.807, 2.05) is 35.3 Å². The molecule has 4 aromatic rings. The Morgan fingerprint density at radius 1 is 1.00 bits per heavy atom. The maximum absolute atomic E-state index is 4.68. The van der Waals surface area contributed by atoms with Crippen molar-refractivity contribution in [2.75, 3.05) is 0 Å². The molecule has 0 saturated heterocycles. The number of hydrogen-bond donors (Lipinski definition) is 1. The van der Waals surface area contributed by atoms with Crippen LogP contribution in [0.5, 0.6) is 0 Å². The quantitative estimate of drug-likeness (QED) is 0.589. The van der Waals surface area contributed by atoms with Crippen molar-refractivity contribution in [2.24, 2.45) is 0 Å². The lowest BCUT2D eigenvalue weighted by atomic mass is 9.70. The summed E-state index contributed by atoms with van der Waals surface area (Å²) >= 11 is 1.58. The number of pyridine rings is 1. The number of nitrogens with zero attached hydrogens (tertiary/aromatic N) is 3. The van der Waals surface area contributed by atoms with Crippen LogP contribution in [0.15, 0.2) is 71.7 Å². The lowest BCUT2D eigenvalue weighted by Gasteiger charge is -2.33.